The molecule has 270 valence electrons. The van der Waals surface area contributed by atoms with Gasteiger partial charge in [-0.1, -0.05) is 30.3 Å². The molecule has 1 atom stereocenters. The van der Waals surface area contributed by atoms with E-state index in [0.717, 1.165) is 79.2 Å². The number of benzene rings is 3. The van der Waals surface area contributed by atoms with E-state index in [-0.39, 0.29) is 48.1 Å². The first kappa shape index (κ1) is 37.6. The average molecular weight is 714 g/mol. The Labute approximate surface area is 304 Å². The van der Waals surface area contributed by atoms with E-state index in [1.54, 1.807) is 24.3 Å². The van der Waals surface area contributed by atoms with Gasteiger partial charge in [-0.2, -0.15) is 5.21 Å². The van der Waals surface area contributed by atoms with Crippen molar-refractivity contribution in [1.82, 2.24) is 31.3 Å². The molecule has 2 fully saturated rings. The van der Waals surface area contributed by atoms with Gasteiger partial charge in [0.25, 0.3) is 5.91 Å². The van der Waals surface area contributed by atoms with Gasteiger partial charge in [-0.3, -0.25) is 14.4 Å². The zero-order chi connectivity index (χ0) is 35.0. The number of aromatic nitrogens is 4. The molecule has 13 heteroatoms. The number of halogens is 1. The lowest BCUT2D eigenvalue weighted by molar-refractivity contribution is -0.130. The fourth-order valence-electron chi connectivity index (χ4n) is 7.09. The minimum absolute atomic E-state index is 0. The number of carbonyl (C=O) groups excluding carboxylic acids is 3. The molecular formula is C38H48ClN9O3. The van der Waals surface area contributed by atoms with E-state index >= 15 is 0 Å². The van der Waals surface area contributed by atoms with E-state index in [4.69, 9.17) is 11.5 Å². The predicted octanol–water partition coefficient (Wildman–Crippen LogP) is 4.69. The normalized spacial score (nSPS) is 20.8. The number of nitrogens with two attached hydrogens (primary N) is 2. The Morgan fingerprint density at radius 1 is 0.882 bits per heavy atom. The molecule has 0 bridgehead atoms. The minimum atomic E-state index is -0.781. The van der Waals surface area contributed by atoms with E-state index in [1.807, 2.05) is 49.4 Å². The zero-order valence-electron chi connectivity index (χ0n) is 28.9. The number of aryl methyl sites for hydroxylation is 1. The molecule has 1 aromatic heterocycles. The molecule has 51 heavy (non-hydrogen) atoms. The first-order valence-corrected chi connectivity index (χ1v) is 17.7. The van der Waals surface area contributed by atoms with Crippen LogP contribution in [0.5, 0.6) is 0 Å². The molecule has 1 heterocycles. The average Bonchev–Trinajstić information content (AvgIpc) is 3.68. The summed E-state index contributed by atoms with van der Waals surface area (Å²) in [5.74, 6) is 0.308. The molecule has 0 aliphatic heterocycles. The molecule has 4 aromatic rings. The van der Waals surface area contributed by atoms with Gasteiger partial charge in [-0.25, -0.2) is 0 Å². The summed E-state index contributed by atoms with van der Waals surface area (Å²) in [4.78, 5) is 40.1. The van der Waals surface area contributed by atoms with Crippen molar-refractivity contribution in [2.24, 2.45) is 23.3 Å². The summed E-state index contributed by atoms with van der Waals surface area (Å²) in [5.41, 5.74) is 17.8. The zero-order valence-corrected chi connectivity index (χ0v) is 29.8. The van der Waals surface area contributed by atoms with Gasteiger partial charge in [0.15, 0.2) is 0 Å². The molecule has 8 N–H and O–H groups in total. The second-order valence-corrected chi connectivity index (χ2v) is 13.8. The molecule has 12 nitrogen and oxygen atoms in total. The van der Waals surface area contributed by atoms with Crippen molar-refractivity contribution in [2.75, 3.05) is 11.9 Å². The van der Waals surface area contributed by atoms with E-state index in [1.165, 1.54) is 0 Å². The number of aromatic amines is 1. The topological polar surface area (TPSA) is 194 Å². The molecule has 6 rings (SSSR count). The Hall–Kier alpha value is -4.65. The summed E-state index contributed by atoms with van der Waals surface area (Å²) >= 11 is 0. The number of carbonyl (C=O) groups is 3. The van der Waals surface area contributed by atoms with Crippen LogP contribution in [0.25, 0.3) is 22.5 Å². The second-order valence-electron chi connectivity index (χ2n) is 13.8. The van der Waals surface area contributed by atoms with Crippen molar-refractivity contribution >= 4 is 35.8 Å². The van der Waals surface area contributed by atoms with Gasteiger partial charge in [-0.05, 0) is 135 Å². The number of amides is 3. The Morgan fingerprint density at radius 3 is 2.20 bits per heavy atom. The predicted molar refractivity (Wildman–Crippen MR) is 200 cm³/mol. The lowest BCUT2D eigenvalue weighted by Gasteiger charge is -2.28. The fraction of sp³-hybridized carbons (Fsp3) is 0.421. The highest BCUT2D eigenvalue weighted by Gasteiger charge is 2.29. The third-order valence-electron chi connectivity index (χ3n) is 10.2. The van der Waals surface area contributed by atoms with Crippen LogP contribution < -0.4 is 27.4 Å². The van der Waals surface area contributed by atoms with Crippen LogP contribution in [0.1, 0.15) is 72.9 Å². The highest BCUT2D eigenvalue weighted by atomic mass is 35.5. The number of anilines is 1. The summed E-state index contributed by atoms with van der Waals surface area (Å²) in [6.07, 6.45) is 7.38. The summed E-state index contributed by atoms with van der Waals surface area (Å²) in [7, 11) is 0. The van der Waals surface area contributed by atoms with Crippen LogP contribution >= 0.6 is 12.4 Å². The van der Waals surface area contributed by atoms with Gasteiger partial charge in [0, 0.05) is 41.2 Å². The molecule has 3 amide bonds. The number of rotatable bonds is 11. The van der Waals surface area contributed by atoms with Gasteiger partial charge in [-0.15, -0.1) is 22.6 Å². The smallest absolute Gasteiger partial charge is 0.251 e. The van der Waals surface area contributed by atoms with Crippen LogP contribution in [0.4, 0.5) is 5.69 Å². The third-order valence-corrected chi connectivity index (χ3v) is 10.2. The van der Waals surface area contributed by atoms with Gasteiger partial charge in [0.1, 0.15) is 6.04 Å². The summed E-state index contributed by atoms with van der Waals surface area (Å²) in [6.45, 7) is 2.64. The molecular weight excluding hydrogens is 666 g/mol. The SMILES string of the molecule is Cc1cc(C(=O)N[C@H]2CC[C@H](N)CC2)ccc1-c1ccc(C[C@H](NC(=O)[C@H]2CC[C@H](CN)CC2)C(=O)Nc2ccc(-c3nn[nH]n3)cc2)cc1.Cl. The number of hydrogen-bond donors (Lipinski definition) is 6. The van der Waals surface area contributed by atoms with Crippen molar-refractivity contribution in [3.63, 3.8) is 0 Å². The number of nitrogens with one attached hydrogen (secondary N) is 4. The van der Waals surface area contributed by atoms with Crippen molar-refractivity contribution < 1.29 is 14.4 Å². The van der Waals surface area contributed by atoms with Crippen molar-refractivity contribution in [2.45, 2.75) is 82.8 Å². The fourth-order valence-corrected chi connectivity index (χ4v) is 7.09. The number of tetrazole rings is 1. The largest absolute Gasteiger partial charge is 0.349 e. The van der Waals surface area contributed by atoms with E-state index < -0.39 is 6.04 Å². The number of nitrogens with zero attached hydrogens (tertiary/aromatic N) is 3. The third kappa shape index (κ3) is 9.78. The molecule has 2 saturated carbocycles. The first-order chi connectivity index (χ1) is 24.2. The van der Waals surface area contributed by atoms with Gasteiger partial charge in [0.05, 0.1) is 0 Å². The Morgan fingerprint density at radius 2 is 1.57 bits per heavy atom. The van der Waals surface area contributed by atoms with Gasteiger partial charge in [0.2, 0.25) is 17.6 Å². The molecule has 2 aliphatic rings. The van der Waals surface area contributed by atoms with E-state index in [0.29, 0.717) is 36.0 Å². The molecule has 3 aromatic carbocycles. The van der Waals surface area contributed by atoms with Gasteiger partial charge < -0.3 is 27.4 Å². The molecule has 0 unspecified atom stereocenters. The Balaban J connectivity index is 0.00000504. The molecule has 0 spiro atoms. The summed E-state index contributed by atoms with van der Waals surface area (Å²) in [5, 5.41) is 23.2. The van der Waals surface area contributed by atoms with Gasteiger partial charge >= 0.3 is 0 Å². The molecule has 0 radical (unpaired) electrons. The minimum Gasteiger partial charge on any atom is -0.349 e. The highest BCUT2D eigenvalue weighted by molar-refractivity contribution is 5.98. The van der Waals surface area contributed by atoms with Crippen LogP contribution in [0.15, 0.2) is 66.7 Å². The Kier molecular flexibility index (Phi) is 12.9. The maximum absolute atomic E-state index is 13.7. The van der Waals surface area contributed by atoms with Crippen LogP contribution in [-0.2, 0) is 16.0 Å². The Bertz CT molecular complexity index is 1750. The molecule has 2 aliphatic carbocycles. The number of hydrogen-bond acceptors (Lipinski definition) is 8. The standard InChI is InChI=1S/C38H47N9O3.ClH/c1-23-20-29(37(49)41-32-17-13-30(40)14-18-32)12-19-33(23)26-6-2-24(3-7-26)21-34(43-36(48)28-8-4-25(22-39)5-9-28)38(50)42-31-15-10-27(11-16-31)35-44-46-47-45-35;/h2-3,6-7,10-12,15-16,19-20,25,28,30,32,34H,4-5,8-9,13-14,17-18,21-22,39-40H2,1H3,(H,41,49)(H,42,50)(H,43,48)(H,44,45,46,47);1H/t25-,28-,30-,32-,34-;/m0./s1. The maximum atomic E-state index is 13.7. The van der Waals surface area contributed by atoms with Crippen molar-refractivity contribution in [1.29, 1.82) is 0 Å². The van der Waals surface area contributed by atoms with Crippen molar-refractivity contribution in [3.8, 4) is 22.5 Å². The summed E-state index contributed by atoms with van der Waals surface area (Å²) < 4.78 is 0. The van der Waals surface area contributed by atoms with Crippen LogP contribution in [0, 0.1) is 18.8 Å². The first-order valence-electron chi connectivity index (χ1n) is 17.7. The lowest BCUT2D eigenvalue weighted by atomic mass is 9.81. The number of H-pyrrole nitrogens is 1. The van der Waals surface area contributed by atoms with Crippen LogP contribution in [0.3, 0.4) is 0 Å². The van der Waals surface area contributed by atoms with E-state index in [2.05, 4.69) is 36.6 Å². The highest BCUT2D eigenvalue weighted by Crippen LogP contribution is 2.29. The quantitative estimate of drug-likeness (QED) is 0.129. The van der Waals surface area contributed by atoms with Crippen molar-refractivity contribution in [3.05, 3.63) is 83.4 Å². The lowest BCUT2D eigenvalue weighted by Crippen LogP contribution is -2.48. The maximum Gasteiger partial charge on any atom is 0.251 e. The molecule has 0 saturated heterocycles. The monoisotopic (exact) mass is 713 g/mol. The van der Waals surface area contributed by atoms with Crippen LogP contribution in [0.2, 0.25) is 0 Å². The van der Waals surface area contributed by atoms with Crippen LogP contribution in [-0.4, -0.2) is 63.0 Å². The van der Waals surface area contributed by atoms with E-state index in [9.17, 15) is 14.4 Å². The summed E-state index contributed by atoms with van der Waals surface area (Å²) in [6, 6.07) is 20.6. The second kappa shape index (κ2) is 17.5.